The van der Waals surface area contributed by atoms with E-state index in [2.05, 4.69) is 27.4 Å². The molecule has 2 unspecified atom stereocenters. The Labute approximate surface area is 290 Å². The number of aromatic nitrogens is 2. The van der Waals surface area contributed by atoms with Crippen LogP contribution in [0.3, 0.4) is 0 Å². The van der Waals surface area contributed by atoms with E-state index in [1.807, 2.05) is 52.0 Å². The molecule has 0 saturated heterocycles. The van der Waals surface area contributed by atoms with E-state index in [1.54, 1.807) is 53.9 Å². The van der Waals surface area contributed by atoms with Crippen molar-refractivity contribution >= 4 is 100 Å². The molecule has 0 radical (unpaired) electrons. The van der Waals surface area contributed by atoms with Crippen molar-refractivity contribution in [3.05, 3.63) is 103 Å². The first-order chi connectivity index (χ1) is 21.4. The SMILES string of the molecule is C=NNC(=S)SCSCc1cc(C)c(C(O)P(=O)(C(=O)c2c(C)cc(CSc3n[nH]c(=S)s3)cc2C)c2ccccc2)c(C)c1. The second kappa shape index (κ2) is 16.1. The van der Waals surface area contributed by atoms with Crippen molar-refractivity contribution in [2.75, 3.05) is 5.08 Å². The third-order valence-electron chi connectivity index (χ3n) is 7.00. The zero-order valence-electron chi connectivity index (χ0n) is 25.2. The summed E-state index contributed by atoms with van der Waals surface area (Å²) in [6.07, 6.45) is 0. The molecule has 45 heavy (non-hydrogen) atoms. The van der Waals surface area contributed by atoms with E-state index in [9.17, 15) is 9.90 Å². The molecule has 0 spiro atoms. The highest BCUT2D eigenvalue weighted by atomic mass is 32.2. The van der Waals surface area contributed by atoms with E-state index in [-0.39, 0.29) is 0 Å². The van der Waals surface area contributed by atoms with Gasteiger partial charge in [-0.05, 0) is 78.9 Å². The van der Waals surface area contributed by atoms with Crippen molar-refractivity contribution in [1.82, 2.24) is 15.6 Å². The third-order valence-corrected chi connectivity index (χ3v) is 14.6. The Hall–Kier alpha value is -2.09. The third kappa shape index (κ3) is 8.64. The molecule has 4 aromatic rings. The second-order valence-electron chi connectivity index (χ2n) is 10.3. The zero-order valence-corrected chi connectivity index (χ0v) is 31.0. The lowest BCUT2D eigenvalue weighted by atomic mass is 10.0. The molecule has 236 valence electrons. The fourth-order valence-corrected chi connectivity index (χ4v) is 12.1. The van der Waals surface area contributed by atoms with E-state index in [1.165, 1.54) is 23.1 Å². The summed E-state index contributed by atoms with van der Waals surface area (Å²) in [7, 11) is -4.10. The molecular formula is C31H33N4O3PS6. The van der Waals surface area contributed by atoms with Gasteiger partial charge in [0.25, 0.3) is 0 Å². The number of thioether (sulfide) groups is 3. The summed E-state index contributed by atoms with van der Waals surface area (Å²) in [5.41, 5.74) is 8.08. The standard InChI is InChI=1S/C31H33N4O3PS6/c1-18-11-22(15-42-17-44-29(40)33-32-5)12-19(2)25(18)27(36)39(38,24-9-7-6-8-10-24)28(37)26-20(3)13-23(14-21(26)4)16-43-31-35-34-30(41)45-31/h6-14,27,36H,5,15-17H2,1-4H3,(H,33,40)(H,34,41). The average Bonchev–Trinajstić information content (AvgIpc) is 3.42. The number of H-pyrrole nitrogens is 1. The molecule has 0 aliphatic rings. The Bertz CT molecular complexity index is 1780. The van der Waals surface area contributed by atoms with Gasteiger partial charge in [-0.15, -0.1) is 11.8 Å². The highest BCUT2D eigenvalue weighted by Gasteiger charge is 2.44. The first-order valence-corrected chi connectivity index (χ1v) is 20.2. The second-order valence-corrected chi connectivity index (χ2v) is 18.9. The summed E-state index contributed by atoms with van der Waals surface area (Å²) < 4.78 is 17.2. The normalized spacial score (nSPS) is 13.2. The van der Waals surface area contributed by atoms with Gasteiger partial charge in [0, 0.05) is 34.2 Å². The van der Waals surface area contributed by atoms with Crippen LogP contribution in [0.25, 0.3) is 0 Å². The minimum absolute atomic E-state index is 0.328. The minimum Gasteiger partial charge on any atom is -0.380 e. The molecule has 4 rings (SSSR count). The highest BCUT2D eigenvalue weighted by molar-refractivity contribution is 8.29. The van der Waals surface area contributed by atoms with Crippen LogP contribution >= 0.6 is 78.2 Å². The van der Waals surface area contributed by atoms with Gasteiger partial charge in [-0.3, -0.25) is 15.3 Å². The average molecular weight is 733 g/mol. The summed E-state index contributed by atoms with van der Waals surface area (Å²) >= 11 is 16.4. The van der Waals surface area contributed by atoms with E-state index in [0.29, 0.717) is 41.6 Å². The van der Waals surface area contributed by atoms with Crippen molar-refractivity contribution in [2.24, 2.45) is 5.10 Å². The number of aliphatic hydroxyl groups is 1. The van der Waals surface area contributed by atoms with Crippen LogP contribution in [0.4, 0.5) is 0 Å². The van der Waals surface area contributed by atoms with Crippen LogP contribution in [0.2, 0.25) is 0 Å². The number of benzene rings is 3. The van der Waals surface area contributed by atoms with Gasteiger partial charge in [0.05, 0.1) is 0 Å². The van der Waals surface area contributed by atoms with Gasteiger partial charge in [-0.25, -0.2) is 0 Å². The van der Waals surface area contributed by atoms with Gasteiger partial charge in [0.15, 0.2) is 12.6 Å². The van der Waals surface area contributed by atoms with E-state index >= 15 is 4.57 Å². The largest absolute Gasteiger partial charge is 0.380 e. The topological polar surface area (TPSA) is 107 Å². The maximum atomic E-state index is 15.2. The lowest BCUT2D eigenvalue weighted by Gasteiger charge is -2.27. The fourth-order valence-electron chi connectivity index (χ4n) is 5.17. The quantitative estimate of drug-likeness (QED) is 0.0235. The monoisotopic (exact) mass is 732 g/mol. The first-order valence-electron chi connectivity index (χ1n) is 13.7. The molecule has 0 fully saturated rings. The number of aryl methyl sites for hydroxylation is 4. The fraction of sp³-hybridized carbons (Fsp3) is 0.258. The van der Waals surface area contributed by atoms with Crippen molar-refractivity contribution in [3.63, 3.8) is 0 Å². The molecule has 7 nitrogen and oxygen atoms in total. The molecule has 1 aromatic heterocycles. The van der Waals surface area contributed by atoms with Gasteiger partial charge < -0.3 is 9.67 Å². The van der Waals surface area contributed by atoms with Gasteiger partial charge in [0.2, 0.25) is 12.7 Å². The molecule has 3 aromatic carbocycles. The molecule has 0 amide bonds. The van der Waals surface area contributed by atoms with E-state index in [4.69, 9.17) is 24.4 Å². The molecule has 0 aliphatic carbocycles. The number of carbonyl (C=O) groups is 1. The number of aromatic amines is 1. The van der Waals surface area contributed by atoms with Crippen molar-refractivity contribution in [1.29, 1.82) is 0 Å². The molecule has 0 saturated carbocycles. The molecule has 1 heterocycles. The number of hydrazone groups is 1. The van der Waals surface area contributed by atoms with Crippen LogP contribution in [-0.2, 0) is 16.1 Å². The predicted octanol–water partition coefficient (Wildman–Crippen LogP) is 8.66. The molecule has 0 bridgehead atoms. The number of carbonyl (C=O) groups excluding carboxylic acids is 1. The van der Waals surface area contributed by atoms with Crippen molar-refractivity contribution < 1.29 is 14.5 Å². The summed E-state index contributed by atoms with van der Waals surface area (Å²) in [5.74, 6) is -0.145. The number of aliphatic hydroxyl groups excluding tert-OH is 1. The maximum absolute atomic E-state index is 15.2. The number of thiocarbonyl (C=S) groups is 1. The van der Waals surface area contributed by atoms with Gasteiger partial charge >= 0.3 is 0 Å². The molecule has 2 atom stereocenters. The van der Waals surface area contributed by atoms with Gasteiger partial charge in [0.1, 0.15) is 5.85 Å². The molecule has 14 heteroatoms. The number of hydrogen-bond acceptors (Lipinski definition) is 11. The van der Waals surface area contributed by atoms with Crippen molar-refractivity contribution in [3.8, 4) is 0 Å². The molecule has 0 aliphatic heterocycles. The van der Waals surface area contributed by atoms with E-state index < -0.39 is 18.5 Å². The Morgan fingerprint density at radius 1 is 1.07 bits per heavy atom. The smallest absolute Gasteiger partial charge is 0.229 e. The Morgan fingerprint density at radius 3 is 2.24 bits per heavy atom. The van der Waals surface area contributed by atoms with Crippen LogP contribution < -0.4 is 10.7 Å². The Balaban J connectivity index is 1.65. The predicted molar refractivity (Wildman–Crippen MR) is 201 cm³/mol. The highest BCUT2D eigenvalue weighted by Crippen LogP contribution is 2.60. The van der Waals surface area contributed by atoms with Crippen LogP contribution in [0.1, 0.15) is 55.1 Å². The summed E-state index contributed by atoms with van der Waals surface area (Å²) in [5, 5.41) is 23.6. The maximum Gasteiger partial charge on any atom is 0.229 e. The Kier molecular flexibility index (Phi) is 12.8. The zero-order chi connectivity index (χ0) is 32.7. The number of nitrogens with zero attached hydrogens (tertiary/aromatic N) is 2. The van der Waals surface area contributed by atoms with Gasteiger partial charge in [-0.2, -0.15) is 10.2 Å². The molecule has 3 N–H and O–H groups in total. The van der Waals surface area contributed by atoms with Crippen LogP contribution in [0.5, 0.6) is 0 Å². The lowest BCUT2D eigenvalue weighted by Crippen LogP contribution is -2.21. The minimum atomic E-state index is -4.10. The summed E-state index contributed by atoms with van der Waals surface area (Å²) in [6.45, 7) is 10.9. The van der Waals surface area contributed by atoms with Crippen LogP contribution in [0, 0.1) is 31.6 Å². The number of rotatable bonds is 13. The van der Waals surface area contributed by atoms with Crippen LogP contribution in [-0.4, -0.2) is 37.0 Å². The van der Waals surface area contributed by atoms with Gasteiger partial charge in [-0.1, -0.05) is 102 Å². The Morgan fingerprint density at radius 2 is 1.67 bits per heavy atom. The first kappa shape index (κ1) is 35.8. The van der Waals surface area contributed by atoms with Crippen molar-refractivity contribution in [2.45, 2.75) is 49.4 Å². The number of hydrogen-bond donors (Lipinski definition) is 3. The lowest BCUT2D eigenvalue weighted by molar-refractivity contribution is 0.106. The number of nitrogens with one attached hydrogen (secondary N) is 2. The van der Waals surface area contributed by atoms with E-state index in [0.717, 1.165) is 37.4 Å². The van der Waals surface area contributed by atoms with Crippen LogP contribution in [0.15, 0.2) is 64.0 Å². The summed E-state index contributed by atoms with van der Waals surface area (Å²) in [4.78, 5) is 14.5. The summed E-state index contributed by atoms with van der Waals surface area (Å²) in [6, 6.07) is 16.5. The molecular weight excluding hydrogens is 700 g/mol.